The van der Waals surface area contributed by atoms with Gasteiger partial charge in [0.1, 0.15) is 29.3 Å². The molecule has 3 N–H and O–H groups in total. The van der Waals surface area contributed by atoms with Crippen LogP contribution in [0.15, 0.2) is 73.2 Å². The van der Waals surface area contributed by atoms with Crippen molar-refractivity contribution in [2.24, 2.45) is 0 Å². The molecule has 0 aliphatic carbocycles. The number of amides is 4. The van der Waals surface area contributed by atoms with Gasteiger partial charge >= 0.3 is 12.1 Å². The fourth-order valence-corrected chi connectivity index (χ4v) is 5.68. The van der Waals surface area contributed by atoms with E-state index in [0.29, 0.717) is 18.5 Å². The summed E-state index contributed by atoms with van der Waals surface area (Å²) < 4.78 is 18.0. The summed E-state index contributed by atoms with van der Waals surface area (Å²) in [6.07, 6.45) is 4.21. The third-order valence-electron chi connectivity index (χ3n) is 8.24. The number of likely N-dealkylation sites (tertiary alicyclic amines) is 1. The minimum atomic E-state index is -1.46. The number of nitrogens with zero attached hydrogens (tertiary/aromatic N) is 3. The Labute approximate surface area is 304 Å². The van der Waals surface area contributed by atoms with Gasteiger partial charge < -0.3 is 39.6 Å². The molecule has 1 unspecified atom stereocenters. The first kappa shape index (κ1) is 39.5. The molecule has 14 nitrogen and oxygen atoms in total. The largest absolute Gasteiger partial charge is 0.464 e. The van der Waals surface area contributed by atoms with Crippen molar-refractivity contribution >= 4 is 35.6 Å². The first-order chi connectivity index (χ1) is 24.7. The summed E-state index contributed by atoms with van der Waals surface area (Å²) in [4.78, 5) is 72.7. The summed E-state index contributed by atoms with van der Waals surface area (Å²) in [5, 5.41) is 7.97. The summed E-state index contributed by atoms with van der Waals surface area (Å²) in [5.41, 5.74) is -0.709. The van der Waals surface area contributed by atoms with E-state index in [1.807, 2.05) is 60.7 Å². The molecule has 0 radical (unpaired) electrons. The molecule has 0 bridgehead atoms. The van der Waals surface area contributed by atoms with E-state index in [-0.39, 0.29) is 31.5 Å². The van der Waals surface area contributed by atoms with Crippen LogP contribution in [0.3, 0.4) is 0 Å². The topological polar surface area (TPSA) is 170 Å². The summed E-state index contributed by atoms with van der Waals surface area (Å²) in [6, 6.07) is 15.6. The highest BCUT2D eigenvalue weighted by Crippen LogP contribution is 2.27. The Hall–Kier alpha value is -5.24. The highest BCUT2D eigenvalue weighted by atomic mass is 16.6. The zero-order valence-corrected chi connectivity index (χ0v) is 30.7. The molecule has 3 aromatic rings. The van der Waals surface area contributed by atoms with Crippen LogP contribution in [0.4, 0.5) is 10.6 Å². The lowest BCUT2D eigenvalue weighted by molar-refractivity contribution is -0.157. The van der Waals surface area contributed by atoms with E-state index >= 15 is 0 Å². The van der Waals surface area contributed by atoms with E-state index in [1.165, 1.54) is 26.4 Å². The van der Waals surface area contributed by atoms with E-state index in [4.69, 9.17) is 14.2 Å². The number of carbonyl (C=O) groups excluding carboxylic acids is 5. The molecule has 14 heteroatoms. The van der Waals surface area contributed by atoms with E-state index < -0.39 is 53.1 Å². The number of esters is 1. The molecule has 1 saturated heterocycles. The van der Waals surface area contributed by atoms with Gasteiger partial charge in [-0.3, -0.25) is 14.4 Å². The number of nitrogens with one attached hydrogen (secondary N) is 3. The van der Waals surface area contributed by atoms with Gasteiger partial charge in [0.2, 0.25) is 5.91 Å². The first-order valence-corrected chi connectivity index (χ1v) is 17.5. The smallest absolute Gasteiger partial charge is 0.408 e. The predicted octanol–water partition coefficient (Wildman–Crippen LogP) is 4.36. The average Bonchev–Trinajstić information content (AvgIpc) is 3.55. The second-order valence-electron chi connectivity index (χ2n) is 14.1. The number of imidazole rings is 1. The van der Waals surface area contributed by atoms with Gasteiger partial charge in [0.15, 0.2) is 5.82 Å². The molecule has 0 spiro atoms. The second kappa shape index (κ2) is 17.8. The van der Waals surface area contributed by atoms with Crippen molar-refractivity contribution in [1.82, 2.24) is 25.1 Å². The average molecular weight is 719 g/mol. The lowest BCUT2D eigenvalue weighted by atomic mass is 9.98. The Kier molecular flexibility index (Phi) is 13.5. The van der Waals surface area contributed by atoms with E-state index in [2.05, 4.69) is 20.9 Å². The molecular weight excluding hydrogens is 668 g/mol. The summed E-state index contributed by atoms with van der Waals surface area (Å²) in [7, 11) is 0. The van der Waals surface area contributed by atoms with Crippen molar-refractivity contribution < 1.29 is 38.2 Å². The van der Waals surface area contributed by atoms with Gasteiger partial charge in [0, 0.05) is 12.7 Å². The molecule has 1 aliphatic heterocycles. The molecule has 2 aromatic carbocycles. The Morgan fingerprint density at radius 2 is 1.62 bits per heavy atom. The lowest BCUT2D eigenvalue weighted by Crippen LogP contribution is -2.59. The summed E-state index contributed by atoms with van der Waals surface area (Å²) >= 11 is 0. The number of hydrogen-bond acceptors (Lipinski definition) is 9. The maximum absolute atomic E-state index is 14.2. The van der Waals surface area contributed by atoms with Gasteiger partial charge in [-0.1, -0.05) is 60.7 Å². The minimum Gasteiger partial charge on any atom is -0.464 e. The van der Waals surface area contributed by atoms with E-state index in [0.717, 1.165) is 18.4 Å². The second-order valence-corrected chi connectivity index (χ2v) is 14.1. The third kappa shape index (κ3) is 11.1. The molecule has 52 heavy (non-hydrogen) atoms. The maximum atomic E-state index is 14.2. The number of alkyl carbamates (subject to hydrolysis) is 1. The van der Waals surface area contributed by atoms with Crippen LogP contribution in [0, 0.1) is 0 Å². The fraction of sp³-hybridized carbons (Fsp3) is 0.474. The van der Waals surface area contributed by atoms with Crippen LogP contribution >= 0.6 is 0 Å². The van der Waals surface area contributed by atoms with Gasteiger partial charge in [0.25, 0.3) is 11.8 Å². The number of aromatic nitrogens is 2. The van der Waals surface area contributed by atoms with Crippen LogP contribution in [0.1, 0.15) is 78.0 Å². The van der Waals surface area contributed by atoms with Crippen LogP contribution in [-0.4, -0.2) is 87.2 Å². The molecule has 2 heterocycles. The van der Waals surface area contributed by atoms with Crippen molar-refractivity contribution in [2.45, 2.75) is 96.7 Å². The van der Waals surface area contributed by atoms with Gasteiger partial charge in [-0.25, -0.2) is 14.6 Å². The third-order valence-corrected chi connectivity index (χ3v) is 8.24. The maximum Gasteiger partial charge on any atom is 0.408 e. The Morgan fingerprint density at radius 1 is 0.942 bits per heavy atom. The molecular formula is C38H50N6O8. The molecule has 4 amide bonds. The van der Waals surface area contributed by atoms with Gasteiger partial charge in [0.05, 0.1) is 26.1 Å². The van der Waals surface area contributed by atoms with Crippen LogP contribution < -0.4 is 16.0 Å². The zero-order chi connectivity index (χ0) is 37.9. The van der Waals surface area contributed by atoms with Gasteiger partial charge in [-0.05, 0) is 71.9 Å². The highest BCUT2D eigenvalue weighted by molar-refractivity contribution is 5.98. The SMILES string of the molecule is CCOC(=O)[C@H]1CCCCN1C(=O)C(c1ccccc1)n1cnc(NC(=O)[C@@H](COCc2ccccc2)NC(=O)C(C)(C)NC(=O)OC(C)(C)C)c1. The molecule has 3 atom stereocenters. The standard InChI is InChI=1S/C38H50N6O8/c1-7-51-34(47)29-20-14-15-21-44(29)33(46)31(27-18-12-9-13-19-27)43-22-30(39-25-43)41-32(45)28(24-50-23-26-16-10-8-11-17-26)40-35(48)38(5,6)42-36(49)52-37(2,3)4/h8-13,16-19,22,25,28-29,31H,7,14-15,20-21,23-24H2,1-6H3,(H,40,48)(H,41,45)(H,42,49)/t28-,29-,31?/m1/s1. The van der Waals surface area contributed by atoms with Crippen molar-refractivity contribution in [2.75, 3.05) is 25.1 Å². The molecule has 1 aliphatic rings. The summed E-state index contributed by atoms with van der Waals surface area (Å²) in [6.45, 7) is 10.4. The highest BCUT2D eigenvalue weighted by Gasteiger charge is 2.38. The van der Waals surface area contributed by atoms with Crippen LogP contribution in [0.2, 0.25) is 0 Å². The van der Waals surface area contributed by atoms with Crippen molar-refractivity contribution in [1.29, 1.82) is 0 Å². The minimum absolute atomic E-state index is 0.118. The molecule has 0 saturated carbocycles. The fourth-order valence-electron chi connectivity index (χ4n) is 5.68. The van der Waals surface area contributed by atoms with Crippen molar-refractivity contribution in [3.63, 3.8) is 0 Å². The Morgan fingerprint density at radius 3 is 2.27 bits per heavy atom. The van der Waals surface area contributed by atoms with Gasteiger partial charge in [-0.15, -0.1) is 0 Å². The number of piperidine rings is 1. The number of ether oxygens (including phenoxy) is 3. The Bertz CT molecular complexity index is 1670. The molecule has 4 rings (SSSR count). The first-order valence-electron chi connectivity index (χ1n) is 17.5. The number of benzene rings is 2. The number of hydrogen-bond donors (Lipinski definition) is 3. The van der Waals surface area contributed by atoms with Crippen LogP contribution in [0.5, 0.6) is 0 Å². The lowest BCUT2D eigenvalue weighted by Gasteiger charge is -2.36. The number of carbonyl (C=O) groups is 5. The summed E-state index contributed by atoms with van der Waals surface area (Å²) in [5.74, 6) is -1.92. The van der Waals surface area contributed by atoms with Gasteiger partial charge in [-0.2, -0.15) is 0 Å². The van der Waals surface area contributed by atoms with Crippen LogP contribution in [-0.2, 0) is 40.0 Å². The normalized spacial score (nSPS) is 15.9. The van der Waals surface area contributed by atoms with Crippen molar-refractivity contribution in [3.8, 4) is 0 Å². The Balaban J connectivity index is 1.55. The van der Waals surface area contributed by atoms with Crippen molar-refractivity contribution in [3.05, 3.63) is 84.3 Å². The molecule has 1 aromatic heterocycles. The monoisotopic (exact) mass is 718 g/mol. The van der Waals surface area contributed by atoms with Crippen LogP contribution in [0.25, 0.3) is 0 Å². The molecule has 280 valence electrons. The number of anilines is 1. The predicted molar refractivity (Wildman–Crippen MR) is 193 cm³/mol. The quantitative estimate of drug-likeness (QED) is 0.205. The molecule has 1 fully saturated rings. The van der Waals surface area contributed by atoms with E-state index in [9.17, 15) is 24.0 Å². The number of rotatable bonds is 14. The van der Waals surface area contributed by atoms with E-state index in [1.54, 1.807) is 37.2 Å². The zero-order valence-electron chi connectivity index (χ0n) is 30.7.